The number of para-hydroxylation sites is 1. The van der Waals surface area contributed by atoms with Crippen LogP contribution < -0.4 is 16.0 Å². The maximum atomic E-state index is 12.5. The van der Waals surface area contributed by atoms with Crippen molar-refractivity contribution in [2.45, 2.75) is 12.5 Å². The first-order chi connectivity index (χ1) is 9.68. The maximum Gasteiger partial charge on any atom is 0.257 e. The predicted molar refractivity (Wildman–Crippen MR) is 75.2 cm³/mol. The van der Waals surface area contributed by atoms with Crippen LogP contribution >= 0.6 is 0 Å². The fourth-order valence-electron chi connectivity index (χ4n) is 2.09. The first kappa shape index (κ1) is 14.5. The van der Waals surface area contributed by atoms with Crippen molar-refractivity contribution < 1.29 is 14.3 Å². The summed E-state index contributed by atoms with van der Waals surface area (Å²) in [5.41, 5.74) is 5.92. The molecule has 1 heterocycles. The van der Waals surface area contributed by atoms with Gasteiger partial charge in [0.2, 0.25) is 5.91 Å². The third-order valence-corrected chi connectivity index (χ3v) is 3.12. The van der Waals surface area contributed by atoms with Crippen LogP contribution in [0.3, 0.4) is 0 Å². The third kappa shape index (κ3) is 3.79. The fraction of sp³-hybridized carbons (Fsp3) is 0.429. The molecule has 0 aromatic heterocycles. The van der Waals surface area contributed by atoms with Gasteiger partial charge < -0.3 is 20.7 Å². The number of nitrogens with two attached hydrogens (primary N) is 1. The minimum atomic E-state index is -0.517. The Hall–Kier alpha value is -1.92. The van der Waals surface area contributed by atoms with Crippen LogP contribution in [0.4, 0.5) is 5.69 Å². The molecule has 0 radical (unpaired) electrons. The van der Waals surface area contributed by atoms with Gasteiger partial charge in [0.25, 0.3) is 5.91 Å². The zero-order valence-corrected chi connectivity index (χ0v) is 11.2. The van der Waals surface area contributed by atoms with Gasteiger partial charge in [-0.15, -0.1) is 0 Å². The maximum absolute atomic E-state index is 12.5. The molecule has 2 rings (SSSR count). The quantitative estimate of drug-likeness (QED) is 0.786. The van der Waals surface area contributed by atoms with E-state index in [0.29, 0.717) is 13.2 Å². The van der Waals surface area contributed by atoms with Crippen LogP contribution in [0.2, 0.25) is 0 Å². The summed E-state index contributed by atoms with van der Waals surface area (Å²) in [7, 11) is 0. The van der Waals surface area contributed by atoms with Crippen LogP contribution in [0.5, 0.6) is 0 Å². The van der Waals surface area contributed by atoms with Crippen LogP contribution in [0, 0.1) is 0 Å². The molecular formula is C14H19N3O3. The smallest absolute Gasteiger partial charge is 0.257 e. The Morgan fingerprint density at radius 1 is 1.35 bits per heavy atom. The Morgan fingerprint density at radius 2 is 2.10 bits per heavy atom. The second-order valence-corrected chi connectivity index (χ2v) is 4.61. The number of carbonyl (C=O) groups excluding carboxylic acids is 2. The van der Waals surface area contributed by atoms with E-state index in [-0.39, 0.29) is 18.9 Å². The molecule has 0 saturated carbocycles. The van der Waals surface area contributed by atoms with E-state index < -0.39 is 12.0 Å². The lowest BCUT2D eigenvalue weighted by Crippen LogP contribution is -2.50. The van der Waals surface area contributed by atoms with Gasteiger partial charge in [-0.3, -0.25) is 9.59 Å². The largest absolute Gasteiger partial charge is 0.370 e. The van der Waals surface area contributed by atoms with Crippen molar-refractivity contribution in [3.8, 4) is 0 Å². The van der Waals surface area contributed by atoms with E-state index in [9.17, 15) is 9.59 Å². The van der Waals surface area contributed by atoms with Gasteiger partial charge in [-0.2, -0.15) is 0 Å². The van der Waals surface area contributed by atoms with E-state index >= 15 is 0 Å². The van der Waals surface area contributed by atoms with Crippen LogP contribution in [0.1, 0.15) is 6.42 Å². The minimum absolute atomic E-state index is 0.126. The van der Waals surface area contributed by atoms with E-state index in [0.717, 1.165) is 12.2 Å². The monoisotopic (exact) mass is 277 g/mol. The molecule has 0 bridgehead atoms. The fourth-order valence-corrected chi connectivity index (χ4v) is 2.09. The summed E-state index contributed by atoms with van der Waals surface area (Å²) in [5, 5.41) is 3.12. The Bertz CT molecular complexity index is 458. The Morgan fingerprint density at radius 3 is 2.70 bits per heavy atom. The second-order valence-electron chi connectivity index (χ2n) is 4.61. The van der Waals surface area contributed by atoms with Crippen LogP contribution in [-0.4, -0.2) is 44.2 Å². The number of nitrogens with zero attached hydrogens (tertiary/aromatic N) is 1. The van der Waals surface area contributed by atoms with Crippen molar-refractivity contribution >= 4 is 17.5 Å². The van der Waals surface area contributed by atoms with Gasteiger partial charge >= 0.3 is 0 Å². The van der Waals surface area contributed by atoms with E-state index in [4.69, 9.17) is 10.5 Å². The van der Waals surface area contributed by atoms with Gasteiger partial charge in [0, 0.05) is 31.7 Å². The van der Waals surface area contributed by atoms with Crippen LogP contribution in [0.25, 0.3) is 0 Å². The topological polar surface area (TPSA) is 84.7 Å². The lowest BCUT2D eigenvalue weighted by molar-refractivity contribution is -0.131. The number of nitrogens with one attached hydrogen (secondary N) is 1. The molecule has 1 saturated heterocycles. The summed E-state index contributed by atoms with van der Waals surface area (Å²) in [6.45, 7) is 2.00. The summed E-state index contributed by atoms with van der Waals surface area (Å²) in [6, 6.07) is 9.23. The molecule has 1 aromatic rings. The van der Waals surface area contributed by atoms with E-state index in [1.165, 1.54) is 0 Å². The van der Waals surface area contributed by atoms with Crippen molar-refractivity contribution in [2.24, 2.45) is 5.73 Å². The molecule has 6 heteroatoms. The number of ether oxygens (including phenoxy) is 1. The normalized spacial score (nSPS) is 18.5. The Labute approximate surface area is 117 Å². The second kappa shape index (κ2) is 7.02. The Balaban J connectivity index is 2.12. The van der Waals surface area contributed by atoms with Crippen molar-refractivity contribution in [1.82, 2.24) is 5.32 Å². The number of benzene rings is 1. The standard InChI is InChI=1S/C14H19N3O3/c15-13(18)6-8-17(11-4-2-1-3-5-11)14(19)12-10-16-7-9-20-12/h1-5,12,16H,6-10H2,(H2,15,18)/t12-/m1/s1. The predicted octanol–water partition coefficient (Wildman–Crippen LogP) is -0.117. The molecule has 6 nitrogen and oxygen atoms in total. The number of amides is 2. The van der Waals surface area contributed by atoms with Crippen molar-refractivity contribution in [1.29, 1.82) is 0 Å². The minimum Gasteiger partial charge on any atom is -0.370 e. The molecule has 0 aliphatic carbocycles. The average Bonchev–Trinajstić information content (AvgIpc) is 2.49. The molecule has 108 valence electrons. The molecule has 3 N–H and O–H groups in total. The highest BCUT2D eigenvalue weighted by atomic mass is 16.5. The number of primary amides is 1. The molecule has 1 atom stereocenters. The van der Waals surface area contributed by atoms with Crippen molar-refractivity contribution in [3.05, 3.63) is 30.3 Å². The molecule has 1 aromatic carbocycles. The lowest BCUT2D eigenvalue weighted by atomic mass is 10.2. The number of carbonyl (C=O) groups is 2. The lowest BCUT2D eigenvalue weighted by Gasteiger charge is -2.29. The van der Waals surface area contributed by atoms with Crippen LogP contribution in [-0.2, 0) is 14.3 Å². The molecule has 0 unspecified atom stereocenters. The zero-order valence-electron chi connectivity index (χ0n) is 11.2. The number of morpholine rings is 1. The summed E-state index contributed by atoms with van der Waals surface area (Å²) in [6.07, 6.45) is -0.391. The first-order valence-corrected chi connectivity index (χ1v) is 6.65. The molecule has 0 spiro atoms. The number of anilines is 1. The highest BCUT2D eigenvalue weighted by Gasteiger charge is 2.27. The van der Waals surface area contributed by atoms with Gasteiger partial charge in [-0.25, -0.2) is 0 Å². The van der Waals surface area contributed by atoms with Gasteiger partial charge in [0.15, 0.2) is 0 Å². The molecule has 1 fully saturated rings. The van der Waals surface area contributed by atoms with Crippen LogP contribution in [0.15, 0.2) is 30.3 Å². The summed E-state index contributed by atoms with van der Waals surface area (Å²) in [4.78, 5) is 25.1. The summed E-state index contributed by atoms with van der Waals surface area (Å²) in [5.74, 6) is -0.578. The van der Waals surface area contributed by atoms with Gasteiger partial charge in [-0.05, 0) is 12.1 Å². The van der Waals surface area contributed by atoms with E-state index in [1.807, 2.05) is 30.3 Å². The summed E-state index contributed by atoms with van der Waals surface area (Å²) >= 11 is 0. The van der Waals surface area contributed by atoms with Crippen molar-refractivity contribution in [3.63, 3.8) is 0 Å². The molecule has 1 aliphatic heterocycles. The number of hydrogen-bond donors (Lipinski definition) is 2. The molecule has 20 heavy (non-hydrogen) atoms. The third-order valence-electron chi connectivity index (χ3n) is 3.12. The van der Waals surface area contributed by atoms with Gasteiger partial charge in [0.1, 0.15) is 6.10 Å². The van der Waals surface area contributed by atoms with Gasteiger partial charge in [-0.1, -0.05) is 18.2 Å². The zero-order chi connectivity index (χ0) is 14.4. The van der Waals surface area contributed by atoms with Gasteiger partial charge in [0.05, 0.1) is 6.61 Å². The SMILES string of the molecule is NC(=O)CCN(C(=O)[C@H]1CNCCO1)c1ccccc1. The number of rotatable bonds is 5. The number of hydrogen-bond acceptors (Lipinski definition) is 4. The molecule has 1 aliphatic rings. The highest BCUT2D eigenvalue weighted by molar-refractivity contribution is 5.97. The molecular weight excluding hydrogens is 258 g/mol. The van der Waals surface area contributed by atoms with Crippen molar-refractivity contribution in [2.75, 3.05) is 31.1 Å². The Kier molecular flexibility index (Phi) is 5.09. The summed E-state index contributed by atoms with van der Waals surface area (Å²) < 4.78 is 5.48. The van der Waals surface area contributed by atoms with E-state index in [2.05, 4.69) is 5.32 Å². The van der Waals surface area contributed by atoms with E-state index in [1.54, 1.807) is 4.90 Å². The highest BCUT2D eigenvalue weighted by Crippen LogP contribution is 2.16. The molecule has 2 amide bonds. The first-order valence-electron chi connectivity index (χ1n) is 6.65. The average molecular weight is 277 g/mol.